The first-order valence-corrected chi connectivity index (χ1v) is 12.6. The molecule has 0 radical (unpaired) electrons. The zero-order valence-electron chi connectivity index (χ0n) is 21.2. The number of halogens is 5. The summed E-state index contributed by atoms with van der Waals surface area (Å²) in [6.45, 7) is 1.73. The summed E-state index contributed by atoms with van der Waals surface area (Å²) in [5, 5.41) is 14.3. The minimum absolute atomic E-state index is 0. The number of fused-ring (bicyclic) bond motifs is 1. The van der Waals surface area contributed by atoms with E-state index in [4.69, 9.17) is 0 Å². The van der Waals surface area contributed by atoms with Crippen molar-refractivity contribution in [1.82, 2.24) is 10.2 Å². The van der Waals surface area contributed by atoms with E-state index in [1.54, 1.807) is 0 Å². The number of amides is 1. The van der Waals surface area contributed by atoms with Crippen LogP contribution in [0.25, 0.3) is 10.8 Å². The van der Waals surface area contributed by atoms with Crippen molar-refractivity contribution in [3.05, 3.63) is 83.7 Å². The van der Waals surface area contributed by atoms with E-state index in [2.05, 4.69) is 28.4 Å². The molecule has 1 aliphatic heterocycles. The van der Waals surface area contributed by atoms with Crippen LogP contribution < -0.4 is 5.32 Å². The third-order valence-corrected chi connectivity index (χ3v) is 7.32. The second kappa shape index (κ2) is 12.5. The van der Waals surface area contributed by atoms with Crippen molar-refractivity contribution in [1.29, 1.82) is 0 Å². The molecule has 1 heterocycles. The van der Waals surface area contributed by atoms with Crippen molar-refractivity contribution in [2.24, 2.45) is 0 Å². The van der Waals surface area contributed by atoms with Gasteiger partial charge in [0.25, 0.3) is 0 Å². The van der Waals surface area contributed by atoms with Gasteiger partial charge >= 0.3 is 12.1 Å². The highest BCUT2D eigenvalue weighted by Crippen LogP contribution is 2.37. The first-order chi connectivity index (χ1) is 18.1. The third-order valence-electron chi connectivity index (χ3n) is 7.32. The topological polar surface area (TPSA) is 69.6 Å². The molecule has 4 rings (SSSR count). The molecule has 0 spiro atoms. The van der Waals surface area contributed by atoms with Gasteiger partial charge in [-0.25, -0.2) is 9.18 Å². The maximum absolute atomic E-state index is 13.7. The van der Waals surface area contributed by atoms with E-state index in [0.717, 1.165) is 16.3 Å². The molecule has 39 heavy (non-hydrogen) atoms. The second-order valence-corrected chi connectivity index (χ2v) is 9.92. The summed E-state index contributed by atoms with van der Waals surface area (Å²) in [5.74, 6) is -2.41. The molecule has 0 aromatic heterocycles. The summed E-state index contributed by atoms with van der Waals surface area (Å²) in [4.78, 5) is 27.5. The number of piperidine rings is 1. The zero-order valence-corrected chi connectivity index (χ0v) is 21.2. The number of nitrogens with one attached hydrogen (secondary N) is 1. The number of aliphatic carboxylic acids is 1. The maximum Gasteiger partial charge on any atom is 0.389 e. The number of carbonyl (C=O) groups excluding carboxylic acids is 1. The fraction of sp³-hybridized carbons (Fsp3) is 0.379. The Kier molecular flexibility index (Phi) is 9.66. The Bertz CT molecular complexity index is 1270. The van der Waals surface area contributed by atoms with Gasteiger partial charge in [0.1, 0.15) is 11.9 Å². The number of hydrogen-bond donors (Lipinski definition) is 2. The Morgan fingerprint density at radius 1 is 0.974 bits per heavy atom. The monoisotopic (exact) mass is 550 g/mol. The van der Waals surface area contributed by atoms with Crippen LogP contribution in [0.3, 0.4) is 0 Å². The SMILES string of the molecule is F.O=C(O)[C@H](CCCC(F)(F)F)NC(=O)C1(c2ccc(F)cc2)CCN(Cc2ccc3ccccc3c2)CC1. The van der Waals surface area contributed by atoms with E-state index in [9.17, 15) is 32.3 Å². The molecule has 2 N–H and O–H groups in total. The number of benzene rings is 3. The number of hydrogen-bond acceptors (Lipinski definition) is 3. The number of nitrogens with zero attached hydrogens (tertiary/aromatic N) is 1. The van der Waals surface area contributed by atoms with Crippen LogP contribution in [-0.4, -0.2) is 47.2 Å². The van der Waals surface area contributed by atoms with Crippen LogP contribution in [0.15, 0.2) is 66.7 Å². The molecule has 1 atom stereocenters. The van der Waals surface area contributed by atoms with E-state index in [1.165, 1.54) is 24.3 Å². The minimum atomic E-state index is -4.40. The van der Waals surface area contributed by atoms with E-state index < -0.39 is 48.2 Å². The molecule has 0 aliphatic carbocycles. The first-order valence-electron chi connectivity index (χ1n) is 12.6. The average molecular weight is 551 g/mol. The summed E-state index contributed by atoms with van der Waals surface area (Å²) in [5.41, 5.74) is 0.560. The van der Waals surface area contributed by atoms with Crippen LogP contribution in [0.1, 0.15) is 43.2 Å². The molecule has 5 nitrogen and oxygen atoms in total. The van der Waals surface area contributed by atoms with Gasteiger partial charge in [0.2, 0.25) is 5.91 Å². The lowest BCUT2D eigenvalue weighted by Gasteiger charge is -2.41. The van der Waals surface area contributed by atoms with Crippen LogP contribution in [-0.2, 0) is 21.5 Å². The number of carboxylic acid groups (broad SMARTS) is 1. The number of carboxylic acids is 1. The highest BCUT2D eigenvalue weighted by molar-refractivity contribution is 5.91. The first kappa shape index (κ1) is 30.0. The van der Waals surface area contributed by atoms with Crippen LogP contribution in [0.4, 0.5) is 22.3 Å². The predicted molar refractivity (Wildman–Crippen MR) is 139 cm³/mol. The molecule has 3 aromatic carbocycles. The second-order valence-electron chi connectivity index (χ2n) is 9.92. The molecule has 10 heteroatoms. The molecule has 1 amide bonds. The Morgan fingerprint density at radius 2 is 1.62 bits per heavy atom. The van der Waals surface area contributed by atoms with Gasteiger partial charge in [-0.1, -0.05) is 48.5 Å². The van der Waals surface area contributed by atoms with E-state index in [0.29, 0.717) is 38.0 Å². The summed E-state index contributed by atoms with van der Waals surface area (Å²) in [6, 6.07) is 18.4. The van der Waals surface area contributed by atoms with Crippen LogP contribution >= 0.6 is 0 Å². The number of carbonyl (C=O) groups is 2. The predicted octanol–water partition coefficient (Wildman–Crippen LogP) is 5.97. The van der Waals surface area contributed by atoms with Gasteiger partial charge in [0.05, 0.1) is 5.41 Å². The quantitative estimate of drug-likeness (QED) is 0.322. The highest BCUT2D eigenvalue weighted by atomic mass is 19.4. The van der Waals surface area contributed by atoms with E-state index >= 15 is 0 Å². The molecule has 210 valence electrons. The summed E-state index contributed by atoms with van der Waals surface area (Å²) in [7, 11) is 0. The molecule has 0 saturated carbocycles. The third kappa shape index (κ3) is 7.53. The summed E-state index contributed by atoms with van der Waals surface area (Å²) >= 11 is 0. The molecular formula is C29H31F5N2O3. The van der Waals surface area contributed by atoms with Gasteiger partial charge < -0.3 is 10.4 Å². The molecule has 1 saturated heterocycles. The van der Waals surface area contributed by atoms with Crippen molar-refractivity contribution in [2.45, 2.75) is 56.3 Å². The summed E-state index contributed by atoms with van der Waals surface area (Å²) < 4.78 is 51.4. The van der Waals surface area contributed by atoms with Gasteiger partial charge in [-0.3, -0.25) is 14.4 Å². The molecule has 0 unspecified atom stereocenters. The van der Waals surface area contributed by atoms with Crippen LogP contribution in [0, 0.1) is 5.82 Å². The van der Waals surface area contributed by atoms with Gasteiger partial charge in [-0.15, -0.1) is 0 Å². The Labute approximate surface area is 223 Å². The van der Waals surface area contributed by atoms with Crippen LogP contribution in [0.5, 0.6) is 0 Å². The van der Waals surface area contributed by atoms with Gasteiger partial charge in [-0.2, -0.15) is 13.2 Å². The normalized spacial score (nSPS) is 16.3. The lowest BCUT2D eigenvalue weighted by molar-refractivity contribution is -0.145. The largest absolute Gasteiger partial charge is 0.480 e. The van der Waals surface area contributed by atoms with Crippen molar-refractivity contribution in [3.63, 3.8) is 0 Å². The van der Waals surface area contributed by atoms with Crippen molar-refractivity contribution >= 4 is 22.6 Å². The van der Waals surface area contributed by atoms with Crippen molar-refractivity contribution in [2.75, 3.05) is 13.1 Å². The smallest absolute Gasteiger partial charge is 0.389 e. The number of alkyl halides is 3. The Morgan fingerprint density at radius 3 is 2.23 bits per heavy atom. The average Bonchev–Trinajstić information content (AvgIpc) is 2.88. The lowest BCUT2D eigenvalue weighted by atomic mass is 9.71. The number of likely N-dealkylation sites (tertiary alicyclic amines) is 1. The summed E-state index contributed by atoms with van der Waals surface area (Å²) in [6.07, 6.45) is -5.57. The molecule has 3 aromatic rings. The minimum Gasteiger partial charge on any atom is -0.480 e. The van der Waals surface area contributed by atoms with Crippen LogP contribution in [0.2, 0.25) is 0 Å². The van der Waals surface area contributed by atoms with Gasteiger partial charge in [-0.05, 0) is 78.9 Å². The fourth-order valence-electron chi connectivity index (χ4n) is 5.16. The van der Waals surface area contributed by atoms with Crippen molar-refractivity contribution < 1.29 is 37.0 Å². The molecule has 0 bridgehead atoms. The van der Waals surface area contributed by atoms with E-state index in [-0.39, 0.29) is 11.1 Å². The molecule has 1 fully saturated rings. The van der Waals surface area contributed by atoms with Gasteiger partial charge in [0.15, 0.2) is 0 Å². The van der Waals surface area contributed by atoms with E-state index in [1.807, 2.05) is 24.3 Å². The lowest BCUT2D eigenvalue weighted by Crippen LogP contribution is -2.55. The molecular weight excluding hydrogens is 519 g/mol. The number of rotatable bonds is 9. The zero-order chi connectivity index (χ0) is 27.3. The van der Waals surface area contributed by atoms with Gasteiger partial charge in [0, 0.05) is 13.0 Å². The Balaban J connectivity index is 0.00000420. The molecule has 1 aliphatic rings. The standard InChI is InChI=1S/C29H30F4N2O3.FH/c30-24-11-9-23(10-12-24)28(27(38)34-25(26(36)37)6-3-13-29(31,32)33)14-16-35(17-15-28)19-20-7-8-21-4-1-2-5-22(21)18-20;/h1-2,4-5,7-12,18,25H,3,6,13-17,19H2,(H,34,38)(H,36,37);1H/t25-;/m0./s1. The highest BCUT2D eigenvalue weighted by Gasteiger charge is 2.44. The van der Waals surface area contributed by atoms with Crippen molar-refractivity contribution in [3.8, 4) is 0 Å². The fourth-order valence-corrected chi connectivity index (χ4v) is 5.16. The maximum atomic E-state index is 13.7. The Hall–Kier alpha value is -3.53.